The van der Waals surface area contributed by atoms with Crippen LogP contribution in [0.4, 0.5) is 0 Å². The molecule has 0 aromatic heterocycles. The van der Waals surface area contributed by atoms with Gasteiger partial charge in [-0.2, -0.15) is 0 Å². The summed E-state index contributed by atoms with van der Waals surface area (Å²) in [5.74, 6) is 2.06. The molecule has 2 heteroatoms. The molecular weight excluding hydrogens is 174 g/mol. The molecule has 0 aromatic carbocycles. The average Bonchev–Trinajstić information content (AvgIpc) is 2.69. The summed E-state index contributed by atoms with van der Waals surface area (Å²) in [7, 11) is 0. The number of nitrogens with one attached hydrogen (secondary N) is 1. The van der Waals surface area contributed by atoms with E-state index < -0.39 is 0 Å². The molecular formula is C12H21NO. The Hall–Kier alpha value is -0.370. The van der Waals surface area contributed by atoms with Crippen molar-refractivity contribution < 1.29 is 4.79 Å². The lowest BCUT2D eigenvalue weighted by molar-refractivity contribution is -0.127. The average molecular weight is 195 g/mol. The molecule has 1 aliphatic heterocycles. The zero-order valence-electron chi connectivity index (χ0n) is 9.09. The summed E-state index contributed by atoms with van der Waals surface area (Å²) < 4.78 is 0. The van der Waals surface area contributed by atoms with Gasteiger partial charge in [-0.1, -0.05) is 19.8 Å². The molecule has 0 amide bonds. The van der Waals surface area contributed by atoms with Gasteiger partial charge in [-0.3, -0.25) is 4.79 Å². The van der Waals surface area contributed by atoms with Crippen LogP contribution in [-0.2, 0) is 4.79 Å². The number of Topliss-reactive ketones (excluding diaryl/α,β-unsaturated/α-hetero) is 1. The van der Waals surface area contributed by atoms with Crippen LogP contribution < -0.4 is 5.32 Å². The van der Waals surface area contributed by atoms with Gasteiger partial charge in [0.25, 0.3) is 0 Å². The molecule has 1 heterocycles. The van der Waals surface area contributed by atoms with Gasteiger partial charge >= 0.3 is 0 Å². The highest BCUT2D eigenvalue weighted by atomic mass is 16.1. The lowest BCUT2D eigenvalue weighted by atomic mass is 9.77. The lowest BCUT2D eigenvalue weighted by Crippen LogP contribution is -2.29. The molecule has 0 radical (unpaired) electrons. The van der Waals surface area contributed by atoms with Crippen LogP contribution in [0.3, 0.4) is 0 Å². The third kappa shape index (κ3) is 2.17. The standard InChI is InChI=1S/C12H21NO/c1-9-3-2-4-10(7-9)12(14)11-5-6-13-8-11/h9-11,13H,2-8H2,1H3/t9?,10?,11-/m0/s1. The fourth-order valence-electron chi connectivity index (χ4n) is 2.92. The van der Waals surface area contributed by atoms with E-state index >= 15 is 0 Å². The molecule has 14 heavy (non-hydrogen) atoms. The molecule has 2 nitrogen and oxygen atoms in total. The first-order valence-corrected chi connectivity index (χ1v) is 6.02. The summed E-state index contributed by atoms with van der Waals surface area (Å²) in [5.41, 5.74) is 0. The van der Waals surface area contributed by atoms with Crippen LogP contribution in [0.25, 0.3) is 0 Å². The molecule has 1 aliphatic carbocycles. The Kier molecular flexibility index (Phi) is 3.22. The Morgan fingerprint density at radius 1 is 1.21 bits per heavy atom. The number of hydrogen-bond acceptors (Lipinski definition) is 2. The van der Waals surface area contributed by atoms with Crippen LogP contribution >= 0.6 is 0 Å². The minimum Gasteiger partial charge on any atom is -0.316 e. The van der Waals surface area contributed by atoms with Crippen molar-refractivity contribution >= 4 is 5.78 Å². The van der Waals surface area contributed by atoms with E-state index in [0.717, 1.165) is 38.3 Å². The van der Waals surface area contributed by atoms with Crippen molar-refractivity contribution in [3.63, 3.8) is 0 Å². The topological polar surface area (TPSA) is 29.1 Å². The molecule has 0 aromatic rings. The van der Waals surface area contributed by atoms with Crippen molar-refractivity contribution in [3.05, 3.63) is 0 Å². The predicted octanol–water partition coefficient (Wildman–Crippen LogP) is 1.99. The zero-order chi connectivity index (χ0) is 9.97. The molecule has 2 unspecified atom stereocenters. The second-order valence-electron chi connectivity index (χ2n) is 5.06. The molecule has 3 atom stereocenters. The summed E-state index contributed by atoms with van der Waals surface area (Å²) in [6.45, 7) is 4.26. The summed E-state index contributed by atoms with van der Waals surface area (Å²) >= 11 is 0. The molecule has 2 aliphatic rings. The smallest absolute Gasteiger partial charge is 0.140 e. The van der Waals surface area contributed by atoms with Gasteiger partial charge in [-0.15, -0.1) is 0 Å². The molecule has 1 N–H and O–H groups in total. The summed E-state index contributed by atoms with van der Waals surface area (Å²) in [6.07, 6.45) is 5.96. The summed E-state index contributed by atoms with van der Waals surface area (Å²) in [5, 5.41) is 3.28. The third-order valence-corrected chi connectivity index (χ3v) is 3.80. The number of ketones is 1. The second-order valence-corrected chi connectivity index (χ2v) is 5.06. The molecule has 2 rings (SSSR count). The highest BCUT2D eigenvalue weighted by Crippen LogP contribution is 2.31. The van der Waals surface area contributed by atoms with Gasteiger partial charge < -0.3 is 5.32 Å². The normalized spacial score (nSPS) is 38.5. The first-order valence-electron chi connectivity index (χ1n) is 6.02. The number of rotatable bonds is 2. The number of carbonyl (C=O) groups is 1. The van der Waals surface area contributed by atoms with Gasteiger partial charge in [0.05, 0.1) is 0 Å². The molecule has 1 saturated carbocycles. The Labute approximate surface area is 86.5 Å². The SMILES string of the molecule is CC1CCCC(C(=O)[C@H]2CCNC2)C1. The van der Waals surface area contributed by atoms with Crippen molar-refractivity contribution in [1.82, 2.24) is 5.32 Å². The van der Waals surface area contributed by atoms with Gasteiger partial charge in [0.2, 0.25) is 0 Å². The first-order chi connectivity index (χ1) is 6.77. The van der Waals surface area contributed by atoms with E-state index in [9.17, 15) is 4.79 Å². The van der Waals surface area contributed by atoms with Gasteiger partial charge in [-0.05, 0) is 31.7 Å². The van der Waals surface area contributed by atoms with Crippen molar-refractivity contribution in [2.24, 2.45) is 17.8 Å². The van der Waals surface area contributed by atoms with Crippen LogP contribution in [0, 0.1) is 17.8 Å². The largest absolute Gasteiger partial charge is 0.316 e. The second kappa shape index (κ2) is 4.43. The van der Waals surface area contributed by atoms with Gasteiger partial charge in [0.1, 0.15) is 5.78 Å². The maximum absolute atomic E-state index is 12.1. The maximum atomic E-state index is 12.1. The fraction of sp³-hybridized carbons (Fsp3) is 0.917. The lowest BCUT2D eigenvalue weighted by Gasteiger charge is -2.27. The minimum absolute atomic E-state index is 0.338. The van der Waals surface area contributed by atoms with Crippen molar-refractivity contribution in [3.8, 4) is 0 Å². The summed E-state index contributed by atoms with van der Waals surface area (Å²) in [6, 6.07) is 0. The van der Waals surface area contributed by atoms with E-state index in [1.165, 1.54) is 12.8 Å². The monoisotopic (exact) mass is 195 g/mol. The highest BCUT2D eigenvalue weighted by molar-refractivity contribution is 5.84. The molecule has 0 bridgehead atoms. The molecule has 80 valence electrons. The van der Waals surface area contributed by atoms with E-state index in [1.807, 2.05) is 0 Å². The number of carbonyl (C=O) groups excluding carboxylic acids is 1. The highest BCUT2D eigenvalue weighted by Gasteiger charge is 2.31. The van der Waals surface area contributed by atoms with E-state index in [0.29, 0.717) is 17.6 Å². The Balaban J connectivity index is 1.89. The maximum Gasteiger partial charge on any atom is 0.140 e. The van der Waals surface area contributed by atoms with E-state index in [1.54, 1.807) is 0 Å². The van der Waals surface area contributed by atoms with E-state index in [4.69, 9.17) is 0 Å². The minimum atomic E-state index is 0.338. The summed E-state index contributed by atoms with van der Waals surface area (Å²) in [4.78, 5) is 12.1. The van der Waals surface area contributed by atoms with Gasteiger partial charge in [0.15, 0.2) is 0 Å². The van der Waals surface area contributed by atoms with Crippen LogP contribution in [0.1, 0.15) is 39.0 Å². The van der Waals surface area contributed by atoms with Gasteiger partial charge in [0, 0.05) is 18.4 Å². The Morgan fingerprint density at radius 3 is 2.71 bits per heavy atom. The molecule has 1 saturated heterocycles. The Morgan fingerprint density at radius 2 is 2.07 bits per heavy atom. The van der Waals surface area contributed by atoms with Crippen LogP contribution in [0.15, 0.2) is 0 Å². The molecule has 0 spiro atoms. The van der Waals surface area contributed by atoms with Crippen LogP contribution in [-0.4, -0.2) is 18.9 Å². The van der Waals surface area contributed by atoms with Crippen molar-refractivity contribution in [1.29, 1.82) is 0 Å². The Bertz CT molecular complexity index is 208. The van der Waals surface area contributed by atoms with Crippen molar-refractivity contribution in [2.75, 3.05) is 13.1 Å². The van der Waals surface area contributed by atoms with Crippen LogP contribution in [0.5, 0.6) is 0 Å². The van der Waals surface area contributed by atoms with Crippen molar-refractivity contribution in [2.45, 2.75) is 39.0 Å². The quantitative estimate of drug-likeness (QED) is 0.730. The molecule has 2 fully saturated rings. The van der Waals surface area contributed by atoms with E-state index in [-0.39, 0.29) is 0 Å². The van der Waals surface area contributed by atoms with Crippen LogP contribution in [0.2, 0.25) is 0 Å². The van der Waals surface area contributed by atoms with Gasteiger partial charge in [-0.25, -0.2) is 0 Å². The zero-order valence-corrected chi connectivity index (χ0v) is 9.09. The van der Waals surface area contributed by atoms with E-state index in [2.05, 4.69) is 12.2 Å². The predicted molar refractivity (Wildman–Crippen MR) is 57.1 cm³/mol. The first kappa shape index (κ1) is 10.2. The third-order valence-electron chi connectivity index (χ3n) is 3.80. The number of hydrogen-bond donors (Lipinski definition) is 1. The fourth-order valence-corrected chi connectivity index (χ4v) is 2.92.